The van der Waals surface area contributed by atoms with E-state index >= 15 is 0 Å². The van der Waals surface area contributed by atoms with Crippen LogP contribution in [0.3, 0.4) is 0 Å². The SMILES string of the molecule is CC(=O)Nc1cccc(Nc2cc(C(=O)NC3CCCCC3)ncn2)c1. The van der Waals surface area contributed by atoms with Gasteiger partial charge in [-0.3, -0.25) is 9.59 Å². The summed E-state index contributed by atoms with van der Waals surface area (Å²) in [5.41, 5.74) is 1.78. The van der Waals surface area contributed by atoms with Crippen LogP contribution in [0.5, 0.6) is 0 Å². The first-order chi connectivity index (χ1) is 12.6. The lowest BCUT2D eigenvalue weighted by molar-refractivity contribution is -0.114. The van der Waals surface area contributed by atoms with Crippen LogP contribution in [0.15, 0.2) is 36.7 Å². The lowest BCUT2D eigenvalue weighted by Crippen LogP contribution is -2.36. The van der Waals surface area contributed by atoms with Crippen molar-refractivity contribution in [1.29, 1.82) is 0 Å². The van der Waals surface area contributed by atoms with Crippen molar-refractivity contribution in [3.63, 3.8) is 0 Å². The number of hydrogen-bond acceptors (Lipinski definition) is 5. The molecule has 0 radical (unpaired) electrons. The Bertz CT molecular complexity index is 787. The molecule has 1 heterocycles. The number of carbonyl (C=O) groups is 2. The minimum atomic E-state index is -0.172. The van der Waals surface area contributed by atoms with Crippen LogP contribution in [-0.2, 0) is 4.79 Å². The Morgan fingerprint density at radius 1 is 1.04 bits per heavy atom. The molecule has 0 aliphatic heterocycles. The molecule has 1 fully saturated rings. The fraction of sp³-hybridized carbons (Fsp3) is 0.368. The van der Waals surface area contributed by atoms with E-state index in [1.54, 1.807) is 18.2 Å². The van der Waals surface area contributed by atoms with Crippen molar-refractivity contribution in [1.82, 2.24) is 15.3 Å². The van der Waals surface area contributed by atoms with E-state index in [1.165, 1.54) is 19.7 Å². The number of carbonyl (C=O) groups excluding carboxylic acids is 2. The van der Waals surface area contributed by atoms with E-state index in [0.29, 0.717) is 17.2 Å². The smallest absolute Gasteiger partial charge is 0.270 e. The minimum absolute atomic E-state index is 0.133. The van der Waals surface area contributed by atoms with E-state index in [0.717, 1.165) is 31.4 Å². The molecule has 26 heavy (non-hydrogen) atoms. The maximum Gasteiger partial charge on any atom is 0.270 e. The van der Waals surface area contributed by atoms with Gasteiger partial charge in [0.15, 0.2) is 0 Å². The van der Waals surface area contributed by atoms with Crippen molar-refractivity contribution in [2.24, 2.45) is 0 Å². The highest BCUT2D eigenvalue weighted by Crippen LogP contribution is 2.20. The summed E-state index contributed by atoms with van der Waals surface area (Å²) in [6.45, 7) is 1.46. The van der Waals surface area contributed by atoms with Crippen molar-refractivity contribution in [3.8, 4) is 0 Å². The Balaban J connectivity index is 1.67. The normalized spacial score (nSPS) is 14.5. The number of benzene rings is 1. The van der Waals surface area contributed by atoms with Crippen molar-refractivity contribution >= 4 is 29.0 Å². The van der Waals surface area contributed by atoms with Gasteiger partial charge in [-0.1, -0.05) is 25.3 Å². The first-order valence-electron chi connectivity index (χ1n) is 8.88. The molecule has 1 aliphatic carbocycles. The summed E-state index contributed by atoms with van der Waals surface area (Å²) in [5.74, 6) is 0.217. The van der Waals surface area contributed by atoms with E-state index < -0.39 is 0 Å². The van der Waals surface area contributed by atoms with E-state index in [-0.39, 0.29) is 17.9 Å². The number of anilines is 3. The number of rotatable bonds is 5. The van der Waals surface area contributed by atoms with Crippen molar-refractivity contribution in [2.75, 3.05) is 10.6 Å². The number of nitrogens with one attached hydrogen (secondary N) is 3. The quantitative estimate of drug-likeness (QED) is 0.767. The molecule has 136 valence electrons. The van der Waals surface area contributed by atoms with Gasteiger partial charge in [-0.15, -0.1) is 0 Å². The predicted octanol–water partition coefficient (Wildman–Crippen LogP) is 3.24. The largest absolute Gasteiger partial charge is 0.348 e. The third-order valence-corrected chi connectivity index (χ3v) is 4.30. The summed E-state index contributed by atoms with van der Waals surface area (Å²) in [4.78, 5) is 31.8. The minimum Gasteiger partial charge on any atom is -0.348 e. The van der Waals surface area contributed by atoms with Crippen LogP contribution in [-0.4, -0.2) is 27.8 Å². The van der Waals surface area contributed by atoms with Crippen LogP contribution in [0.1, 0.15) is 49.5 Å². The molecule has 0 bridgehead atoms. The molecule has 1 aliphatic rings. The average molecular weight is 353 g/mol. The first kappa shape index (κ1) is 17.8. The van der Waals surface area contributed by atoms with Gasteiger partial charge in [-0.25, -0.2) is 9.97 Å². The maximum atomic E-state index is 12.4. The molecule has 0 saturated heterocycles. The molecule has 0 unspecified atom stereocenters. The maximum absolute atomic E-state index is 12.4. The number of nitrogens with zero attached hydrogens (tertiary/aromatic N) is 2. The number of amides is 2. The zero-order chi connectivity index (χ0) is 18.4. The zero-order valence-corrected chi connectivity index (χ0v) is 14.8. The zero-order valence-electron chi connectivity index (χ0n) is 14.8. The number of aromatic nitrogens is 2. The van der Waals surface area contributed by atoms with Gasteiger partial charge >= 0.3 is 0 Å². The topological polar surface area (TPSA) is 96.0 Å². The molecule has 7 heteroatoms. The lowest BCUT2D eigenvalue weighted by Gasteiger charge is -2.22. The van der Waals surface area contributed by atoms with E-state index in [4.69, 9.17) is 0 Å². The molecule has 3 rings (SSSR count). The third kappa shape index (κ3) is 5.02. The van der Waals surface area contributed by atoms with E-state index in [1.807, 2.05) is 12.1 Å². The van der Waals surface area contributed by atoms with E-state index in [2.05, 4.69) is 25.9 Å². The molecule has 2 aromatic rings. The fourth-order valence-electron chi connectivity index (χ4n) is 3.08. The summed E-state index contributed by atoms with van der Waals surface area (Å²) in [5, 5.41) is 8.92. The fourth-order valence-corrected chi connectivity index (χ4v) is 3.08. The van der Waals surface area contributed by atoms with Gasteiger partial charge in [-0.05, 0) is 31.0 Å². The third-order valence-electron chi connectivity index (χ3n) is 4.30. The number of hydrogen-bond donors (Lipinski definition) is 3. The van der Waals surface area contributed by atoms with Gasteiger partial charge in [0, 0.05) is 30.4 Å². The van der Waals surface area contributed by atoms with E-state index in [9.17, 15) is 9.59 Å². The second-order valence-corrected chi connectivity index (χ2v) is 6.48. The molecule has 0 atom stereocenters. The molecule has 2 amide bonds. The summed E-state index contributed by atoms with van der Waals surface area (Å²) < 4.78 is 0. The molecule has 7 nitrogen and oxygen atoms in total. The summed E-state index contributed by atoms with van der Waals surface area (Å²) in [6, 6.07) is 9.14. The summed E-state index contributed by atoms with van der Waals surface area (Å²) in [6.07, 6.45) is 6.98. The molecule has 0 spiro atoms. The molecular weight excluding hydrogens is 330 g/mol. The van der Waals surface area contributed by atoms with Gasteiger partial charge in [0.25, 0.3) is 5.91 Å². The molecule has 1 saturated carbocycles. The van der Waals surface area contributed by atoms with Crippen LogP contribution >= 0.6 is 0 Å². The standard InChI is InChI=1S/C19H23N5O2/c1-13(25)22-15-8-5-9-16(10-15)23-18-11-17(20-12-21-18)19(26)24-14-6-3-2-4-7-14/h5,8-12,14H,2-4,6-7H2,1H3,(H,22,25)(H,24,26)(H,20,21,23). The van der Waals surface area contributed by atoms with Gasteiger partial charge in [0.2, 0.25) is 5.91 Å². The Morgan fingerprint density at radius 2 is 1.81 bits per heavy atom. The summed E-state index contributed by atoms with van der Waals surface area (Å²) >= 11 is 0. The predicted molar refractivity (Wildman–Crippen MR) is 100 cm³/mol. The van der Waals surface area contributed by atoms with Crippen LogP contribution < -0.4 is 16.0 Å². The Hall–Kier alpha value is -2.96. The monoisotopic (exact) mass is 353 g/mol. The van der Waals surface area contributed by atoms with Crippen molar-refractivity contribution in [2.45, 2.75) is 45.1 Å². The average Bonchev–Trinajstić information content (AvgIpc) is 2.62. The second kappa shape index (κ2) is 8.42. The summed E-state index contributed by atoms with van der Waals surface area (Å²) in [7, 11) is 0. The Labute approximate surface area is 152 Å². The molecule has 1 aromatic carbocycles. The molecule has 1 aromatic heterocycles. The van der Waals surface area contributed by atoms with Crippen molar-refractivity contribution < 1.29 is 9.59 Å². The Kier molecular flexibility index (Phi) is 5.78. The highest BCUT2D eigenvalue weighted by atomic mass is 16.2. The highest BCUT2D eigenvalue weighted by Gasteiger charge is 2.17. The van der Waals surface area contributed by atoms with Crippen LogP contribution in [0.25, 0.3) is 0 Å². The van der Waals surface area contributed by atoms with Gasteiger partial charge < -0.3 is 16.0 Å². The van der Waals surface area contributed by atoms with Crippen LogP contribution in [0, 0.1) is 0 Å². The highest BCUT2D eigenvalue weighted by molar-refractivity contribution is 5.93. The van der Waals surface area contributed by atoms with Gasteiger partial charge in [0.1, 0.15) is 17.8 Å². The van der Waals surface area contributed by atoms with Gasteiger partial charge in [-0.2, -0.15) is 0 Å². The van der Waals surface area contributed by atoms with Gasteiger partial charge in [0.05, 0.1) is 0 Å². The lowest BCUT2D eigenvalue weighted by atomic mass is 9.95. The molecule has 3 N–H and O–H groups in total. The molecular formula is C19H23N5O2. The van der Waals surface area contributed by atoms with Crippen LogP contribution in [0.2, 0.25) is 0 Å². The van der Waals surface area contributed by atoms with Crippen molar-refractivity contribution in [3.05, 3.63) is 42.4 Å². The second-order valence-electron chi connectivity index (χ2n) is 6.48. The first-order valence-corrected chi connectivity index (χ1v) is 8.88. The Morgan fingerprint density at radius 3 is 2.58 bits per heavy atom. The van der Waals surface area contributed by atoms with Crippen LogP contribution in [0.4, 0.5) is 17.2 Å².